The van der Waals surface area contributed by atoms with E-state index in [0.29, 0.717) is 27.8 Å². The third-order valence-electron chi connectivity index (χ3n) is 4.86. The quantitative estimate of drug-likeness (QED) is 0.377. The van der Waals surface area contributed by atoms with Crippen molar-refractivity contribution in [2.75, 3.05) is 7.11 Å². The second-order valence-corrected chi connectivity index (χ2v) is 6.82. The van der Waals surface area contributed by atoms with Gasteiger partial charge in [0.25, 0.3) is 0 Å². The molecule has 0 saturated carbocycles. The molecule has 0 unspecified atom stereocenters. The Morgan fingerprint density at radius 3 is 2.07 bits per heavy atom. The number of nitrogens with zero attached hydrogens (tertiary/aromatic N) is 1. The molecule has 0 radical (unpaired) electrons. The Balaban J connectivity index is 2.20. The number of pyridine rings is 1. The van der Waals surface area contributed by atoms with Gasteiger partial charge in [0.15, 0.2) is 5.69 Å². The van der Waals surface area contributed by atoms with E-state index >= 15 is 0 Å². The fourth-order valence-corrected chi connectivity index (χ4v) is 3.48. The first-order valence-corrected chi connectivity index (χ1v) is 9.10. The lowest BCUT2D eigenvalue weighted by molar-refractivity contribution is -0.140. The number of aromatic nitrogens is 1. The SMILES string of the molecule is COc1ccc2nc(C(F)(F)F)c(-c3ccc(C)cc3)c(-c3ccccc3)c2c1. The van der Waals surface area contributed by atoms with Gasteiger partial charge >= 0.3 is 6.18 Å². The maximum atomic E-state index is 14.1. The molecule has 1 aromatic heterocycles. The van der Waals surface area contributed by atoms with Crippen LogP contribution in [0.15, 0.2) is 72.8 Å². The van der Waals surface area contributed by atoms with Crippen molar-refractivity contribution in [1.82, 2.24) is 4.98 Å². The summed E-state index contributed by atoms with van der Waals surface area (Å²) in [5.74, 6) is 0.561. The number of rotatable bonds is 3. The molecule has 0 atom stereocenters. The fraction of sp³-hybridized carbons (Fsp3) is 0.125. The van der Waals surface area contributed by atoms with Crippen LogP contribution in [0.25, 0.3) is 33.2 Å². The molecule has 0 aliphatic heterocycles. The maximum Gasteiger partial charge on any atom is 0.434 e. The summed E-state index contributed by atoms with van der Waals surface area (Å²) in [4.78, 5) is 4.03. The van der Waals surface area contributed by atoms with Gasteiger partial charge in [0, 0.05) is 16.5 Å². The molecule has 0 aliphatic carbocycles. The molecule has 2 nitrogen and oxygen atoms in total. The maximum absolute atomic E-state index is 14.1. The van der Waals surface area contributed by atoms with E-state index in [0.717, 1.165) is 5.56 Å². The molecule has 0 aliphatic rings. The number of ether oxygens (including phenoxy) is 1. The highest BCUT2D eigenvalue weighted by Crippen LogP contribution is 2.45. The van der Waals surface area contributed by atoms with Gasteiger partial charge in [-0.2, -0.15) is 13.2 Å². The number of halogens is 3. The van der Waals surface area contributed by atoms with Crippen molar-refractivity contribution in [2.24, 2.45) is 0 Å². The Kier molecular flexibility index (Phi) is 4.74. The molecule has 146 valence electrons. The Bertz CT molecular complexity index is 1170. The molecule has 3 aromatic carbocycles. The third kappa shape index (κ3) is 3.56. The summed E-state index contributed by atoms with van der Waals surface area (Å²) in [6, 6.07) is 21.0. The average molecular weight is 393 g/mol. The Labute approximate surface area is 166 Å². The van der Waals surface area contributed by atoms with Crippen LogP contribution in [0, 0.1) is 6.92 Å². The lowest BCUT2D eigenvalue weighted by Gasteiger charge is -2.20. The molecule has 4 rings (SSSR count). The van der Waals surface area contributed by atoms with Crippen molar-refractivity contribution >= 4 is 10.9 Å². The molecule has 0 fully saturated rings. The zero-order valence-corrected chi connectivity index (χ0v) is 15.9. The van der Waals surface area contributed by atoms with Crippen molar-refractivity contribution in [3.8, 4) is 28.0 Å². The zero-order chi connectivity index (χ0) is 20.6. The summed E-state index contributed by atoms with van der Waals surface area (Å²) in [7, 11) is 1.53. The molecule has 4 aromatic rings. The molecule has 1 heterocycles. The van der Waals surface area contributed by atoms with Crippen molar-refractivity contribution < 1.29 is 17.9 Å². The van der Waals surface area contributed by atoms with Gasteiger partial charge in [-0.1, -0.05) is 60.2 Å². The molecule has 5 heteroatoms. The van der Waals surface area contributed by atoms with Gasteiger partial charge in [0.1, 0.15) is 5.75 Å². The normalized spacial score (nSPS) is 11.6. The first-order chi connectivity index (χ1) is 13.9. The largest absolute Gasteiger partial charge is 0.497 e. The van der Waals surface area contributed by atoms with Crippen molar-refractivity contribution in [3.05, 3.63) is 84.1 Å². The van der Waals surface area contributed by atoms with Gasteiger partial charge in [-0.05, 0) is 36.2 Å². The minimum atomic E-state index is -4.60. The molecular formula is C24H18F3NO. The Morgan fingerprint density at radius 1 is 0.793 bits per heavy atom. The van der Waals surface area contributed by atoms with E-state index in [9.17, 15) is 13.2 Å². The van der Waals surface area contributed by atoms with Crippen LogP contribution in [0.1, 0.15) is 11.3 Å². The molecule has 0 amide bonds. The Morgan fingerprint density at radius 2 is 1.45 bits per heavy atom. The predicted molar refractivity (Wildman–Crippen MR) is 109 cm³/mol. The molecule has 29 heavy (non-hydrogen) atoms. The number of hydrogen-bond acceptors (Lipinski definition) is 2. The number of hydrogen-bond donors (Lipinski definition) is 0. The topological polar surface area (TPSA) is 22.1 Å². The van der Waals surface area contributed by atoms with Crippen molar-refractivity contribution in [3.63, 3.8) is 0 Å². The molecule has 0 N–H and O–H groups in total. The van der Waals surface area contributed by atoms with Crippen LogP contribution in [0.3, 0.4) is 0 Å². The van der Waals surface area contributed by atoms with Crippen LogP contribution < -0.4 is 4.74 Å². The van der Waals surface area contributed by atoms with Crippen LogP contribution in [-0.2, 0) is 6.18 Å². The molecule has 0 spiro atoms. The lowest BCUT2D eigenvalue weighted by atomic mass is 9.89. The molecule has 0 bridgehead atoms. The summed E-state index contributed by atoms with van der Waals surface area (Å²) in [6.45, 7) is 1.90. The van der Waals surface area contributed by atoms with Gasteiger partial charge in [-0.3, -0.25) is 0 Å². The van der Waals surface area contributed by atoms with E-state index in [1.807, 2.05) is 37.3 Å². The van der Waals surface area contributed by atoms with Crippen LogP contribution in [0.2, 0.25) is 0 Å². The van der Waals surface area contributed by atoms with Gasteiger partial charge in [-0.25, -0.2) is 4.98 Å². The van der Waals surface area contributed by atoms with Gasteiger partial charge < -0.3 is 4.74 Å². The van der Waals surface area contributed by atoms with E-state index in [1.54, 1.807) is 42.5 Å². The number of aryl methyl sites for hydroxylation is 1. The minimum absolute atomic E-state index is 0.0736. The molecular weight excluding hydrogens is 375 g/mol. The number of methoxy groups -OCH3 is 1. The van der Waals surface area contributed by atoms with Crippen molar-refractivity contribution in [2.45, 2.75) is 13.1 Å². The van der Waals surface area contributed by atoms with E-state index in [1.165, 1.54) is 7.11 Å². The van der Waals surface area contributed by atoms with E-state index in [4.69, 9.17) is 4.74 Å². The second kappa shape index (κ2) is 7.24. The highest BCUT2D eigenvalue weighted by molar-refractivity contribution is 6.03. The average Bonchev–Trinajstić information content (AvgIpc) is 2.72. The predicted octanol–water partition coefficient (Wildman–Crippen LogP) is 6.90. The van der Waals surface area contributed by atoms with E-state index in [-0.39, 0.29) is 11.1 Å². The highest BCUT2D eigenvalue weighted by Gasteiger charge is 2.38. The van der Waals surface area contributed by atoms with E-state index < -0.39 is 11.9 Å². The first kappa shape index (κ1) is 19.0. The summed E-state index contributed by atoms with van der Waals surface area (Å²) in [5, 5.41) is 0.610. The molecule has 0 saturated heterocycles. The van der Waals surface area contributed by atoms with Crippen molar-refractivity contribution in [1.29, 1.82) is 0 Å². The van der Waals surface area contributed by atoms with E-state index in [2.05, 4.69) is 4.98 Å². The Hall–Kier alpha value is -3.34. The summed E-state index contributed by atoms with van der Waals surface area (Å²) in [6.07, 6.45) is -4.60. The fourth-order valence-electron chi connectivity index (χ4n) is 3.48. The number of alkyl halides is 3. The van der Waals surface area contributed by atoms with Gasteiger partial charge in [0.2, 0.25) is 0 Å². The number of benzene rings is 3. The van der Waals surface area contributed by atoms with Gasteiger partial charge in [-0.15, -0.1) is 0 Å². The lowest BCUT2D eigenvalue weighted by Crippen LogP contribution is -2.12. The van der Waals surface area contributed by atoms with Crippen LogP contribution in [0.4, 0.5) is 13.2 Å². The minimum Gasteiger partial charge on any atom is -0.497 e. The summed E-state index contributed by atoms with van der Waals surface area (Å²) >= 11 is 0. The van der Waals surface area contributed by atoms with Crippen LogP contribution >= 0.6 is 0 Å². The number of fused-ring (bicyclic) bond motifs is 1. The second-order valence-electron chi connectivity index (χ2n) is 6.82. The van der Waals surface area contributed by atoms with Gasteiger partial charge in [0.05, 0.1) is 12.6 Å². The van der Waals surface area contributed by atoms with Crippen LogP contribution in [0.5, 0.6) is 5.75 Å². The monoisotopic (exact) mass is 393 g/mol. The third-order valence-corrected chi connectivity index (χ3v) is 4.86. The first-order valence-electron chi connectivity index (χ1n) is 9.10. The zero-order valence-electron chi connectivity index (χ0n) is 15.9. The summed E-state index contributed by atoms with van der Waals surface area (Å²) < 4.78 is 47.6. The highest BCUT2D eigenvalue weighted by atomic mass is 19.4. The van der Waals surface area contributed by atoms with Crippen LogP contribution in [-0.4, -0.2) is 12.1 Å². The smallest absolute Gasteiger partial charge is 0.434 e. The standard InChI is InChI=1S/C24H18F3NO/c1-15-8-10-17(11-9-15)22-21(16-6-4-3-5-7-16)19-14-18(29-2)12-13-20(19)28-23(22)24(25,26)27/h3-14H,1-2H3. The summed E-state index contributed by atoms with van der Waals surface area (Å²) in [5.41, 5.74) is 2.08.